The molecule has 3 heteroatoms. The van der Waals surface area contributed by atoms with Crippen LogP contribution in [0, 0.1) is 0 Å². The fraction of sp³-hybridized carbons (Fsp3) is 0.462. The summed E-state index contributed by atoms with van der Waals surface area (Å²) in [6.07, 6.45) is 9.04. The highest BCUT2D eigenvalue weighted by molar-refractivity contribution is 5.93. The number of hydrogen-bond donors (Lipinski definition) is 2. The summed E-state index contributed by atoms with van der Waals surface area (Å²) < 4.78 is 5.85. The van der Waals surface area contributed by atoms with E-state index in [1.807, 2.05) is 0 Å². The van der Waals surface area contributed by atoms with E-state index in [0.717, 1.165) is 57.4 Å². The Hall–Kier alpha value is -2.26. The minimum atomic E-state index is 0.753. The zero-order valence-corrected chi connectivity index (χ0v) is 18.1. The third-order valence-electron chi connectivity index (χ3n) is 5.62. The average molecular weight is 393 g/mol. The molecule has 1 aromatic heterocycles. The van der Waals surface area contributed by atoms with Crippen molar-refractivity contribution in [3.63, 3.8) is 0 Å². The number of aromatic amines is 1. The second-order valence-corrected chi connectivity index (χ2v) is 7.89. The molecule has 0 bridgehead atoms. The molecule has 156 valence electrons. The standard InChI is InChI=1S/C26H36N2O/c1-3-5-10-20-11-9-13-24-23(12-7-8-18-27)26(28-25(20)24)21-14-16-22(17-15-21)29-19-6-4-2/h9,11,13-17,28H,3-8,10,12,18-19,27H2,1-2H3. The van der Waals surface area contributed by atoms with Gasteiger partial charge in [-0.05, 0) is 86.0 Å². The molecular weight excluding hydrogens is 356 g/mol. The van der Waals surface area contributed by atoms with Crippen molar-refractivity contribution < 1.29 is 4.74 Å². The van der Waals surface area contributed by atoms with Crippen LogP contribution in [-0.4, -0.2) is 18.1 Å². The molecule has 0 fully saturated rings. The summed E-state index contributed by atoms with van der Waals surface area (Å²) in [6, 6.07) is 15.3. The van der Waals surface area contributed by atoms with Crippen LogP contribution in [0.2, 0.25) is 0 Å². The van der Waals surface area contributed by atoms with E-state index in [0.29, 0.717) is 0 Å². The average Bonchev–Trinajstić information content (AvgIpc) is 3.12. The molecule has 29 heavy (non-hydrogen) atoms. The molecule has 3 rings (SSSR count). The van der Waals surface area contributed by atoms with Crippen LogP contribution in [0.5, 0.6) is 5.75 Å². The smallest absolute Gasteiger partial charge is 0.119 e. The maximum atomic E-state index is 5.85. The number of rotatable bonds is 12. The quantitative estimate of drug-likeness (QED) is 0.340. The Balaban J connectivity index is 1.95. The summed E-state index contributed by atoms with van der Waals surface area (Å²) in [7, 11) is 0. The van der Waals surface area contributed by atoms with Gasteiger partial charge in [-0.25, -0.2) is 0 Å². The van der Waals surface area contributed by atoms with Crippen LogP contribution in [-0.2, 0) is 12.8 Å². The second kappa shape index (κ2) is 11.1. The first-order chi connectivity index (χ1) is 14.3. The molecular formula is C26H36N2O. The third-order valence-corrected chi connectivity index (χ3v) is 5.62. The lowest BCUT2D eigenvalue weighted by atomic mass is 9.98. The molecule has 3 nitrogen and oxygen atoms in total. The lowest BCUT2D eigenvalue weighted by Crippen LogP contribution is -1.99. The van der Waals surface area contributed by atoms with Gasteiger partial charge in [-0.3, -0.25) is 0 Å². The molecule has 0 unspecified atom stereocenters. The molecule has 0 atom stereocenters. The number of ether oxygens (including phenoxy) is 1. The van der Waals surface area contributed by atoms with Crippen molar-refractivity contribution in [1.29, 1.82) is 0 Å². The number of aromatic nitrogens is 1. The summed E-state index contributed by atoms with van der Waals surface area (Å²) in [4.78, 5) is 3.78. The van der Waals surface area contributed by atoms with Gasteiger partial charge in [0.25, 0.3) is 0 Å². The minimum Gasteiger partial charge on any atom is -0.494 e. The first-order valence-electron chi connectivity index (χ1n) is 11.3. The first kappa shape index (κ1) is 21.4. The van der Waals surface area contributed by atoms with Crippen molar-refractivity contribution in [3.8, 4) is 17.0 Å². The number of nitrogens with one attached hydrogen (secondary N) is 1. The second-order valence-electron chi connectivity index (χ2n) is 7.89. The Kier molecular flexibility index (Phi) is 8.18. The van der Waals surface area contributed by atoms with Crippen LogP contribution in [0.3, 0.4) is 0 Å². The molecule has 0 aliphatic heterocycles. The van der Waals surface area contributed by atoms with E-state index in [1.165, 1.54) is 46.1 Å². The normalized spacial score (nSPS) is 11.3. The van der Waals surface area contributed by atoms with Crippen LogP contribution in [0.15, 0.2) is 42.5 Å². The summed E-state index contributed by atoms with van der Waals surface area (Å²) >= 11 is 0. The third kappa shape index (κ3) is 5.42. The SMILES string of the molecule is CCCCOc1ccc(-c2[nH]c3c(CCCC)cccc3c2CCCCN)cc1. The number of hydrogen-bond acceptors (Lipinski definition) is 2. The molecule has 0 saturated heterocycles. The first-order valence-corrected chi connectivity index (χ1v) is 11.3. The molecule has 0 radical (unpaired) electrons. The van der Waals surface area contributed by atoms with E-state index in [9.17, 15) is 0 Å². The topological polar surface area (TPSA) is 51.0 Å². The van der Waals surface area contributed by atoms with Crippen LogP contribution < -0.4 is 10.5 Å². The van der Waals surface area contributed by atoms with E-state index in [-0.39, 0.29) is 0 Å². The summed E-state index contributed by atoms with van der Waals surface area (Å²) in [5.41, 5.74) is 12.4. The molecule has 0 aliphatic carbocycles. The van der Waals surface area contributed by atoms with Crippen molar-refractivity contribution in [3.05, 3.63) is 53.6 Å². The predicted octanol–water partition coefficient (Wildman–Crippen LogP) is 6.64. The van der Waals surface area contributed by atoms with Crippen LogP contribution in [0.1, 0.15) is 63.5 Å². The summed E-state index contributed by atoms with van der Waals surface area (Å²) in [5.74, 6) is 0.951. The minimum absolute atomic E-state index is 0.753. The number of H-pyrrole nitrogens is 1. The van der Waals surface area contributed by atoms with Gasteiger partial charge >= 0.3 is 0 Å². The Morgan fingerprint density at radius 3 is 2.38 bits per heavy atom. The van der Waals surface area contributed by atoms with Gasteiger partial charge in [0.15, 0.2) is 0 Å². The molecule has 0 amide bonds. The lowest BCUT2D eigenvalue weighted by molar-refractivity contribution is 0.309. The highest BCUT2D eigenvalue weighted by atomic mass is 16.5. The zero-order chi connectivity index (χ0) is 20.5. The molecule has 3 N–H and O–H groups in total. The van der Waals surface area contributed by atoms with Crippen LogP contribution in [0.4, 0.5) is 0 Å². The monoisotopic (exact) mass is 392 g/mol. The molecule has 1 heterocycles. The molecule has 2 aromatic carbocycles. The van der Waals surface area contributed by atoms with E-state index < -0.39 is 0 Å². The Bertz CT molecular complexity index is 880. The van der Waals surface area contributed by atoms with Crippen LogP contribution in [0.25, 0.3) is 22.2 Å². The summed E-state index contributed by atoms with van der Waals surface area (Å²) in [6.45, 7) is 5.97. The number of aryl methyl sites for hydroxylation is 2. The van der Waals surface area contributed by atoms with E-state index in [1.54, 1.807) is 0 Å². The fourth-order valence-corrected chi connectivity index (χ4v) is 3.91. The maximum Gasteiger partial charge on any atom is 0.119 e. The van der Waals surface area contributed by atoms with Gasteiger partial charge in [0.05, 0.1) is 6.61 Å². The van der Waals surface area contributed by atoms with Crippen molar-refractivity contribution in [2.24, 2.45) is 5.73 Å². The van der Waals surface area contributed by atoms with Gasteiger partial charge in [0.1, 0.15) is 5.75 Å². The van der Waals surface area contributed by atoms with Gasteiger partial charge in [0, 0.05) is 16.6 Å². The molecule has 0 saturated carbocycles. The Morgan fingerprint density at radius 1 is 0.862 bits per heavy atom. The highest BCUT2D eigenvalue weighted by Crippen LogP contribution is 2.34. The number of nitrogens with two attached hydrogens (primary N) is 1. The Labute approximate surface area is 175 Å². The number of benzene rings is 2. The Morgan fingerprint density at radius 2 is 1.66 bits per heavy atom. The summed E-state index contributed by atoms with van der Waals surface area (Å²) in [5, 5.41) is 1.37. The van der Waals surface area contributed by atoms with Gasteiger partial charge in [-0.15, -0.1) is 0 Å². The van der Waals surface area contributed by atoms with E-state index >= 15 is 0 Å². The van der Waals surface area contributed by atoms with Crippen LogP contribution >= 0.6 is 0 Å². The van der Waals surface area contributed by atoms with Crippen molar-refractivity contribution >= 4 is 10.9 Å². The van der Waals surface area contributed by atoms with Gasteiger partial charge < -0.3 is 15.5 Å². The maximum absolute atomic E-state index is 5.85. The van der Waals surface area contributed by atoms with Crippen molar-refractivity contribution in [1.82, 2.24) is 4.98 Å². The largest absolute Gasteiger partial charge is 0.494 e. The fourth-order valence-electron chi connectivity index (χ4n) is 3.91. The highest BCUT2D eigenvalue weighted by Gasteiger charge is 2.15. The lowest BCUT2D eigenvalue weighted by Gasteiger charge is -2.08. The number of fused-ring (bicyclic) bond motifs is 1. The van der Waals surface area contributed by atoms with Crippen molar-refractivity contribution in [2.75, 3.05) is 13.2 Å². The zero-order valence-electron chi connectivity index (χ0n) is 18.1. The van der Waals surface area contributed by atoms with Crippen molar-refractivity contribution in [2.45, 2.75) is 65.2 Å². The molecule has 0 aliphatic rings. The number of para-hydroxylation sites is 1. The number of unbranched alkanes of at least 4 members (excludes halogenated alkanes) is 3. The van der Waals surface area contributed by atoms with E-state index in [4.69, 9.17) is 10.5 Å². The predicted molar refractivity (Wildman–Crippen MR) is 125 cm³/mol. The van der Waals surface area contributed by atoms with Gasteiger partial charge in [-0.2, -0.15) is 0 Å². The van der Waals surface area contributed by atoms with Gasteiger partial charge in [-0.1, -0.05) is 44.9 Å². The van der Waals surface area contributed by atoms with Gasteiger partial charge in [0.2, 0.25) is 0 Å². The van der Waals surface area contributed by atoms with E-state index in [2.05, 4.69) is 61.3 Å². The molecule has 0 spiro atoms. The molecule has 3 aromatic rings.